The predicted molar refractivity (Wildman–Crippen MR) is 78.0 cm³/mol. The van der Waals surface area contributed by atoms with Crippen molar-refractivity contribution in [1.82, 2.24) is 25.1 Å². The quantitative estimate of drug-likeness (QED) is 0.787. The molecule has 1 atom stereocenters. The van der Waals surface area contributed by atoms with E-state index in [0.717, 1.165) is 17.8 Å². The minimum atomic E-state index is 0.152. The van der Waals surface area contributed by atoms with Gasteiger partial charge in [0, 0.05) is 31.4 Å². The number of hydrogen-bond acceptors (Lipinski definition) is 4. The Bertz CT molecular complexity index is 714. The highest BCUT2D eigenvalue weighted by molar-refractivity contribution is 5.84. The van der Waals surface area contributed by atoms with Crippen LogP contribution in [0.4, 0.5) is 0 Å². The first-order chi connectivity index (χ1) is 9.75. The zero-order chi connectivity index (χ0) is 13.9. The predicted octanol–water partition coefficient (Wildman–Crippen LogP) is 2.21. The molecule has 0 aliphatic rings. The van der Waals surface area contributed by atoms with Gasteiger partial charge in [0.25, 0.3) is 0 Å². The maximum absolute atomic E-state index is 4.16. The average molecular weight is 267 g/mol. The fraction of sp³-hybridized carbons (Fsp3) is 0.267. The maximum Gasteiger partial charge on any atom is 0.149 e. The minimum Gasteiger partial charge on any atom is -0.319 e. The molecule has 2 heterocycles. The van der Waals surface area contributed by atoms with Gasteiger partial charge in [-0.25, -0.2) is 0 Å². The molecular formula is C15H17N5. The van der Waals surface area contributed by atoms with Crippen molar-refractivity contribution < 1.29 is 0 Å². The summed E-state index contributed by atoms with van der Waals surface area (Å²) >= 11 is 0. The summed E-state index contributed by atoms with van der Waals surface area (Å²) in [5, 5.41) is 13.9. The van der Waals surface area contributed by atoms with E-state index in [1.54, 1.807) is 6.33 Å². The van der Waals surface area contributed by atoms with Gasteiger partial charge in [-0.3, -0.25) is 4.98 Å². The Kier molecular flexibility index (Phi) is 3.43. The topological polar surface area (TPSA) is 55.6 Å². The second-order valence-corrected chi connectivity index (χ2v) is 4.92. The summed E-state index contributed by atoms with van der Waals surface area (Å²) in [7, 11) is 1.96. The van der Waals surface area contributed by atoms with Crippen LogP contribution < -0.4 is 5.32 Å². The van der Waals surface area contributed by atoms with E-state index in [0.29, 0.717) is 0 Å². The fourth-order valence-electron chi connectivity index (χ4n) is 2.38. The van der Waals surface area contributed by atoms with Gasteiger partial charge in [0.05, 0.1) is 6.04 Å². The Hall–Kier alpha value is -2.27. The van der Waals surface area contributed by atoms with Crippen LogP contribution in [-0.2, 0) is 13.6 Å². The Morgan fingerprint density at radius 3 is 3.00 bits per heavy atom. The molecule has 0 aliphatic carbocycles. The van der Waals surface area contributed by atoms with Crippen LogP contribution in [-0.4, -0.2) is 19.7 Å². The second kappa shape index (κ2) is 5.38. The maximum atomic E-state index is 4.16. The van der Waals surface area contributed by atoms with Crippen molar-refractivity contribution >= 4 is 10.8 Å². The highest BCUT2D eigenvalue weighted by Crippen LogP contribution is 2.18. The van der Waals surface area contributed by atoms with E-state index in [2.05, 4.69) is 51.7 Å². The molecular weight excluding hydrogens is 250 g/mol. The molecule has 0 spiro atoms. The molecule has 1 aromatic carbocycles. The fourth-order valence-corrected chi connectivity index (χ4v) is 2.38. The van der Waals surface area contributed by atoms with Crippen molar-refractivity contribution in [2.24, 2.45) is 7.05 Å². The first-order valence-electron chi connectivity index (χ1n) is 6.64. The summed E-state index contributed by atoms with van der Waals surface area (Å²) in [6.07, 6.45) is 5.44. The molecule has 0 amide bonds. The molecule has 0 saturated carbocycles. The van der Waals surface area contributed by atoms with Crippen molar-refractivity contribution in [3.8, 4) is 0 Å². The summed E-state index contributed by atoms with van der Waals surface area (Å²) in [6.45, 7) is 2.88. The second-order valence-electron chi connectivity index (χ2n) is 4.92. The number of pyridine rings is 1. The van der Waals surface area contributed by atoms with Gasteiger partial charge < -0.3 is 9.88 Å². The zero-order valence-corrected chi connectivity index (χ0v) is 11.6. The molecule has 20 heavy (non-hydrogen) atoms. The lowest BCUT2D eigenvalue weighted by Crippen LogP contribution is -2.21. The van der Waals surface area contributed by atoms with Gasteiger partial charge in [-0.1, -0.05) is 18.2 Å². The number of benzene rings is 1. The van der Waals surface area contributed by atoms with Crippen LogP contribution in [0.15, 0.2) is 43.0 Å². The highest BCUT2D eigenvalue weighted by Gasteiger charge is 2.11. The number of aryl methyl sites for hydroxylation is 1. The van der Waals surface area contributed by atoms with Crippen molar-refractivity contribution in [2.75, 3.05) is 0 Å². The molecule has 2 aromatic heterocycles. The molecule has 0 bridgehead atoms. The van der Waals surface area contributed by atoms with E-state index in [1.807, 2.05) is 24.0 Å². The SMILES string of the molecule is CC(NCc1cccc2cnccc12)c1nncn1C. The third kappa shape index (κ3) is 2.40. The van der Waals surface area contributed by atoms with Crippen LogP contribution in [0.5, 0.6) is 0 Å². The Morgan fingerprint density at radius 2 is 2.20 bits per heavy atom. The standard InChI is InChI=1S/C15H17N5/c1-11(15-19-18-10-20(15)2)17-9-13-5-3-4-12-8-16-7-6-14(12)13/h3-8,10-11,17H,9H2,1-2H3. The van der Waals surface area contributed by atoms with E-state index < -0.39 is 0 Å². The van der Waals surface area contributed by atoms with Gasteiger partial charge >= 0.3 is 0 Å². The van der Waals surface area contributed by atoms with Crippen molar-refractivity contribution in [1.29, 1.82) is 0 Å². The van der Waals surface area contributed by atoms with Crippen LogP contribution in [0.3, 0.4) is 0 Å². The van der Waals surface area contributed by atoms with Gasteiger partial charge in [-0.2, -0.15) is 0 Å². The van der Waals surface area contributed by atoms with Gasteiger partial charge in [0.1, 0.15) is 12.2 Å². The number of hydrogen-bond donors (Lipinski definition) is 1. The Morgan fingerprint density at radius 1 is 1.30 bits per heavy atom. The average Bonchev–Trinajstić information content (AvgIpc) is 2.91. The molecule has 0 saturated heterocycles. The number of rotatable bonds is 4. The van der Waals surface area contributed by atoms with E-state index >= 15 is 0 Å². The Balaban J connectivity index is 1.79. The summed E-state index contributed by atoms with van der Waals surface area (Å²) < 4.78 is 1.94. The highest BCUT2D eigenvalue weighted by atomic mass is 15.3. The van der Waals surface area contributed by atoms with Gasteiger partial charge in [0.15, 0.2) is 0 Å². The molecule has 0 aliphatic heterocycles. The smallest absolute Gasteiger partial charge is 0.149 e. The molecule has 3 rings (SSSR count). The molecule has 1 unspecified atom stereocenters. The minimum absolute atomic E-state index is 0.152. The van der Waals surface area contributed by atoms with E-state index in [1.165, 1.54) is 10.9 Å². The van der Waals surface area contributed by atoms with Crippen molar-refractivity contribution in [3.05, 3.63) is 54.4 Å². The van der Waals surface area contributed by atoms with Gasteiger partial charge in [0.2, 0.25) is 0 Å². The molecule has 102 valence electrons. The summed E-state index contributed by atoms with van der Waals surface area (Å²) in [5.74, 6) is 0.937. The van der Waals surface area contributed by atoms with Crippen LogP contribution >= 0.6 is 0 Å². The summed E-state index contributed by atoms with van der Waals surface area (Å²) in [5.41, 5.74) is 1.26. The van der Waals surface area contributed by atoms with E-state index in [4.69, 9.17) is 0 Å². The van der Waals surface area contributed by atoms with Crippen LogP contribution in [0.2, 0.25) is 0 Å². The molecule has 1 N–H and O–H groups in total. The lowest BCUT2D eigenvalue weighted by molar-refractivity contribution is 0.529. The third-order valence-corrected chi connectivity index (χ3v) is 3.50. The molecule has 5 heteroatoms. The van der Waals surface area contributed by atoms with Gasteiger partial charge in [-0.15, -0.1) is 10.2 Å². The van der Waals surface area contributed by atoms with Crippen LogP contribution in [0, 0.1) is 0 Å². The summed E-state index contributed by atoms with van der Waals surface area (Å²) in [6, 6.07) is 8.49. The molecule has 3 aromatic rings. The van der Waals surface area contributed by atoms with Crippen molar-refractivity contribution in [2.45, 2.75) is 19.5 Å². The number of nitrogens with one attached hydrogen (secondary N) is 1. The zero-order valence-electron chi connectivity index (χ0n) is 11.6. The number of fused-ring (bicyclic) bond motifs is 1. The first kappa shape index (κ1) is 12.7. The number of nitrogens with zero attached hydrogens (tertiary/aromatic N) is 4. The monoisotopic (exact) mass is 267 g/mol. The lowest BCUT2D eigenvalue weighted by Gasteiger charge is -2.14. The molecule has 5 nitrogen and oxygen atoms in total. The molecule has 0 radical (unpaired) electrons. The lowest BCUT2D eigenvalue weighted by atomic mass is 10.1. The normalized spacial score (nSPS) is 12.7. The van der Waals surface area contributed by atoms with Crippen molar-refractivity contribution in [3.63, 3.8) is 0 Å². The van der Waals surface area contributed by atoms with Crippen LogP contribution in [0.1, 0.15) is 24.4 Å². The number of aromatic nitrogens is 4. The third-order valence-electron chi connectivity index (χ3n) is 3.50. The van der Waals surface area contributed by atoms with Crippen LogP contribution in [0.25, 0.3) is 10.8 Å². The van der Waals surface area contributed by atoms with E-state index in [-0.39, 0.29) is 6.04 Å². The largest absolute Gasteiger partial charge is 0.319 e. The Labute approximate surface area is 117 Å². The molecule has 0 fully saturated rings. The first-order valence-corrected chi connectivity index (χ1v) is 6.64. The summed E-state index contributed by atoms with van der Waals surface area (Å²) in [4.78, 5) is 4.16. The van der Waals surface area contributed by atoms with Gasteiger partial charge in [-0.05, 0) is 23.9 Å². The van der Waals surface area contributed by atoms with E-state index in [9.17, 15) is 0 Å².